The monoisotopic (exact) mass is 493 g/mol. The molecule has 0 aliphatic rings. The molecular formula is C22H16ClN7O3S. The summed E-state index contributed by atoms with van der Waals surface area (Å²) in [6, 6.07) is 12.9. The van der Waals surface area contributed by atoms with E-state index in [4.69, 9.17) is 22.3 Å². The minimum absolute atomic E-state index is 0.118. The van der Waals surface area contributed by atoms with Crippen LogP contribution in [0.2, 0.25) is 5.02 Å². The van der Waals surface area contributed by atoms with Gasteiger partial charge in [0.2, 0.25) is 0 Å². The van der Waals surface area contributed by atoms with Crippen molar-refractivity contribution in [1.82, 2.24) is 29.3 Å². The maximum absolute atomic E-state index is 13.6. The summed E-state index contributed by atoms with van der Waals surface area (Å²) in [4.78, 5) is 26.8. The molecule has 2 aromatic carbocycles. The Morgan fingerprint density at radius 2 is 1.74 bits per heavy atom. The molecule has 12 heteroatoms. The molecule has 34 heavy (non-hydrogen) atoms. The summed E-state index contributed by atoms with van der Waals surface area (Å²) in [6.45, 7) is 0. The molecule has 0 unspecified atom stereocenters. The van der Waals surface area contributed by atoms with Gasteiger partial charge in [0.25, 0.3) is 5.56 Å². The Balaban J connectivity index is 1.82. The molecule has 5 aromatic rings. The summed E-state index contributed by atoms with van der Waals surface area (Å²) in [5.41, 5.74) is 6.78. The average molecular weight is 494 g/mol. The van der Waals surface area contributed by atoms with E-state index >= 15 is 0 Å². The number of nitrogens with two attached hydrogens (primary N) is 1. The largest absolute Gasteiger partial charge is 0.382 e. The lowest BCUT2D eigenvalue weighted by molar-refractivity contribution is 0.601. The fraction of sp³-hybridized carbons (Fsp3) is 0.0455. The maximum Gasteiger partial charge on any atom is 0.269 e. The lowest BCUT2D eigenvalue weighted by atomic mass is 10.2. The summed E-state index contributed by atoms with van der Waals surface area (Å²) in [5, 5.41) is 5.06. The predicted molar refractivity (Wildman–Crippen MR) is 128 cm³/mol. The second-order valence-corrected chi connectivity index (χ2v) is 9.89. The number of aromatic nitrogens is 6. The van der Waals surface area contributed by atoms with Crippen molar-refractivity contribution < 1.29 is 8.42 Å². The molecule has 2 N–H and O–H groups in total. The quantitative estimate of drug-likeness (QED) is 0.403. The minimum atomic E-state index is -3.45. The smallest absolute Gasteiger partial charge is 0.269 e. The first-order valence-corrected chi connectivity index (χ1v) is 12.1. The summed E-state index contributed by atoms with van der Waals surface area (Å²) >= 11 is 6.03. The van der Waals surface area contributed by atoms with Crippen molar-refractivity contribution in [2.24, 2.45) is 0 Å². The molecule has 0 radical (unpaired) electrons. The van der Waals surface area contributed by atoms with Gasteiger partial charge in [-0.15, -0.1) is 0 Å². The Morgan fingerprint density at radius 3 is 2.41 bits per heavy atom. The minimum Gasteiger partial charge on any atom is -0.382 e. The number of anilines is 1. The maximum atomic E-state index is 13.6. The lowest BCUT2D eigenvalue weighted by Crippen LogP contribution is -2.22. The van der Waals surface area contributed by atoms with Gasteiger partial charge in [0.1, 0.15) is 16.9 Å². The number of sulfone groups is 1. The fourth-order valence-corrected chi connectivity index (χ4v) is 4.24. The summed E-state index contributed by atoms with van der Waals surface area (Å²) in [7, 11) is -3.45. The van der Waals surface area contributed by atoms with Crippen molar-refractivity contribution in [3.05, 3.63) is 82.5 Å². The van der Waals surface area contributed by atoms with Crippen LogP contribution in [0.25, 0.3) is 33.9 Å². The number of hydrogen-bond donors (Lipinski definition) is 1. The zero-order valence-electron chi connectivity index (χ0n) is 17.6. The number of fused-ring (bicyclic) bond motifs is 1. The van der Waals surface area contributed by atoms with Gasteiger partial charge in [0.05, 0.1) is 34.9 Å². The molecule has 0 aliphatic carbocycles. The summed E-state index contributed by atoms with van der Waals surface area (Å²) < 4.78 is 26.9. The molecule has 5 rings (SSSR count). The van der Waals surface area contributed by atoms with E-state index in [1.54, 1.807) is 36.4 Å². The predicted octanol–water partition coefficient (Wildman–Crippen LogP) is 2.67. The molecule has 0 fully saturated rings. The molecule has 3 heterocycles. The topological polar surface area (TPSA) is 139 Å². The number of nitrogen functional groups attached to an aromatic ring is 1. The van der Waals surface area contributed by atoms with Crippen molar-refractivity contribution in [2.75, 3.05) is 12.0 Å². The van der Waals surface area contributed by atoms with E-state index in [1.165, 1.54) is 40.0 Å². The Bertz CT molecular complexity index is 1710. The van der Waals surface area contributed by atoms with Crippen LogP contribution in [0.1, 0.15) is 0 Å². The zero-order valence-corrected chi connectivity index (χ0v) is 19.2. The first kappa shape index (κ1) is 21.7. The standard InChI is InChI=1S/C22H16ClN7O3S/c1-34(32,33)16-4-2-3-15(9-16)30-20-17(10-27-30)22(31)29(14-7-5-13(23)6-8-14)21(28-20)18-11-26-19(24)12-25-18/h2-12H,1H3,(H2,24,26). The highest BCUT2D eigenvalue weighted by Crippen LogP contribution is 2.24. The summed E-state index contributed by atoms with van der Waals surface area (Å²) in [5.74, 6) is 0.418. The van der Waals surface area contributed by atoms with Crippen molar-refractivity contribution in [3.63, 3.8) is 0 Å². The number of rotatable bonds is 4. The molecule has 0 atom stereocenters. The van der Waals surface area contributed by atoms with Crippen molar-refractivity contribution in [2.45, 2.75) is 4.90 Å². The van der Waals surface area contributed by atoms with Crippen LogP contribution in [-0.4, -0.2) is 44.0 Å². The van der Waals surface area contributed by atoms with Gasteiger partial charge in [-0.05, 0) is 42.5 Å². The van der Waals surface area contributed by atoms with Gasteiger partial charge in [-0.3, -0.25) is 9.36 Å². The third kappa shape index (κ3) is 3.80. The van der Waals surface area contributed by atoms with Gasteiger partial charge in [-0.1, -0.05) is 17.7 Å². The highest BCUT2D eigenvalue weighted by atomic mass is 35.5. The van der Waals surface area contributed by atoms with Gasteiger partial charge in [0.15, 0.2) is 21.3 Å². The van der Waals surface area contributed by atoms with Crippen molar-refractivity contribution in [1.29, 1.82) is 0 Å². The molecule has 0 spiro atoms. The van der Waals surface area contributed by atoms with E-state index in [0.29, 0.717) is 22.1 Å². The second-order valence-electron chi connectivity index (χ2n) is 7.44. The third-order valence-corrected chi connectivity index (χ3v) is 6.44. The van der Waals surface area contributed by atoms with Crippen molar-refractivity contribution in [3.8, 4) is 22.9 Å². The normalized spacial score (nSPS) is 11.7. The Morgan fingerprint density at radius 1 is 0.971 bits per heavy atom. The first-order valence-electron chi connectivity index (χ1n) is 9.87. The Labute approximate surface area is 198 Å². The average Bonchev–Trinajstić information content (AvgIpc) is 3.24. The van der Waals surface area contributed by atoms with Gasteiger partial charge >= 0.3 is 0 Å². The van der Waals surface area contributed by atoms with Crippen LogP contribution in [0.15, 0.2) is 76.8 Å². The van der Waals surface area contributed by atoms with Gasteiger partial charge in [-0.25, -0.2) is 28.1 Å². The van der Waals surface area contributed by atoms with E-state index in [0.717, 1.165) is 6.26 Å². The number of benzene rings is 2. The fourth-order valence-electron chi connectivity index (χ4n) is 3.46. The van der Waals surface area contributed by atoms with Crippen LogP contribution in [0.3, 0.4) is 0 Å². The highest BCUT2D eigenvalue weighted by molar-refractivity contribution is 7.90. The van der Waals surface area contributed by atoms with E-state index in [1.807, 2.05) is 0 Å². The molecule has 0 saturated carbocycles. The SMILES string of the molecule is CS(=O)(=O)c1cccc(-n2ncc3c(=O)n(-c4ccc(Cl)cc4)c(-c4cnc(N)cn4)nc32)c1. The van der Waals surface area contributed by atoms with Gasteiger partial charge < -0.3 is 5.73 Å². The molecule has 0 saturated heterocycles. The Hall–Kier alpha value is -4.09. The van der Waals surface area contributed by atoms with Crippen molar-refractivity contribution >= 4 is 38.3 Å². The first-order chi connectivity index (χ1) is 16.2. The van der Waals surface area contributed by atoms with Crippen LogP contribution >= 0.6 is 11.6 Å². The Kier molecular flexibility index (Phi) is 5.14. The van der Waals surface area contributed by atoms with E-state index < -0.39 is 15.4 Å². The van der Waals surface area contributed by atoms with Crippen LogP contribution in [0.5, 0.6) is 0 Å². The number of hydrogen-bond acceptors (Lipinski definition) is 8. The second kappa shape index (κ2) is 8.04. The number of nitrogens with zero attached hydrogens (tertiary/aromatic N) is 6. The third-order valence-electron chi connectivity index (χ3n) is 5.08. The zero-order chi connectivity index (χ0) is 24.0. The van der Waals surface area contributed by atoms with E-state index in [-0.39, 0.29) is 27.6 Å². The van der Waals surface area contributed by atoms with E-state index in [2.05, 4.69) is 15.1 Å². The molecule has 10 nitrogen and oxygen atoms in total. The van der Waals surface area contributed by atoms with Gasteiger partial charge in [0, 0.05) is 11.3 Å². The number of halogens is 1. The molecule has 0 amide bonds. The van der Waals surface area contributed by atoms with E-state index in [9.17, 15) is 13.2 Å². The highest BCUT2D eigenvalue weighted by Gasteiger charge is 2.20. The molecule has 3 aromatic heterocycles. The molecule has 0 aliphatic heterocycles. The van der Waals surface area contributed by atoms with Crippen LogP contribution < -0.4 is 11.3 Å². The van der Waals surface area contributed by atoms with Gasteiger partial charge in [-0.2, -0.15) is 5.10 Å². The molecular weight excluding hydrogens is 478 g/mol. The van der Waals surface area contributed by atoms with Crippen LogP contribution in [-0.2, 0) is 9.84 Å². The molecule has 0 bridgehead atoms. The van der Waals surface area contributed by atoms with Crippen LogP contribution in [0.4, 0.5) is 5.82 Å². The lowest BCUT2D eigenvalue weighted by Gasteiger charge is -2.13. The molecule has 170 valence electrons. The summed E-state index contributed by atoms with van der Waals surface area (Å²) in [6.07, 6.45) is 5.29. The van der Waals surface area contributed by atoms with Crippen LogP contribution in [0, 0.1) is 0 Å².